The van der Waals surface area contributed by atoms with Crippen molar-refractivity contribution in [3.63, 3.8) is 0 Å². The molecule has 1 aromatic heterocycles. The SMILES string of the molecule is CCOc1ccccc1OCC(=O)NCCn1nc(-c2ccc(F)cc2)ccc1=O. The average molecular weight is 411 g/mol. The normalized spacial score (nSPS) is 10.5. The molecule has 156 valence electrons. The predicted molar refractivity (Wildman–Crippen MR) is 110 cm³/mol. The van der Waals surface area contributed by atoms with Gasteiger partial charge in [-0.3, -0.25) is 9.59 Å². The fraction of sp³-hybridized carbons (Fsp3) is 0.227. The molecule has 0 atom stereocenters. The molecule has 3 rings (SSSR count). The van der Waals surface area contributed by atoms with Crippen molar-refractivity contribution in [1.82, 2.24) is 15.1 Å². The summed E-state index contributed by atoms with van der Waals surface area (Å²) in [7, 11) is 0. The fourth-order valence-corrected chi connectivity index (χ4v) is 2.72. The summed E-state index contributed by atoms with van der Waals surface area (Å²) in [6, 6.07) is 15.9. The molecule has 1 N–H and O–H groups in total. The molecule has 0 spiro atoms. The van der Waals surface area contributed by atoms with Gasteiger partial charge in [0.25, 0.3) is 11.5 Å². The van der Waals surface area contributed by atoms with E-state index in [1.807, 2.05) is 13.0 Å². The Morgan fingerprint density at radius 2 is 1.73 bits per heavy atom. The minimum Gasteiger partial charge on any atom is -0.490 e. The van der Waals surface area contributed by atoms with Gasteiger partial charge in [0.05, 0.1) is 18.8 Å². The number of aromatic nitrogens is 2. The summed E-state index contributed by atoms with van der Waals surface area (Å²) >= 11 is 0. The number of nitrogens with zero attached hydrogens (tertiary/aromatic N) is 2. The maximum atomic E-state index is 13.1. The molecule has 3 aromatic rings. The zero-order valence-corrected chi connectivity index (χ0v) is 16.5. The summed E-state index contributed by atoms with van der Waals surface area (Å²) < 4.78 is 25.3. The van der Waals surface area contributed by atoms with E-state index >= 15 is 0 Å². The molecule has 0 bridgehead atoms. The van der Waals surface area contributed by atoms with Crippen molar-refractivity contribution in [3.8, 4) is 22.8 Å². The highest BCUT2D eigenvalue weighted by atomic mass is 19.1. The summed E-state index contributed by atoms with van der Waals surface area (Å²) in [5.74, 6) is 0.380. The molecule has 0 saturated heterocycles. The lowest BCUT2D eigenvalue weighted by Crippen LogP contribution is -2.34. The Hall–Kier alpha value is -3.68. The van der Waals surface area contributed by atoms with Crippen molar-refractivity contribution in [1.29, 1.82) is 0 Å². The number of para-hydroxylation sites is 2. The van der Waals surface area contributed by atoms with Crippen LogP contribution in [0.1, 0.15) is 6.92 Å². The average Bonchev–Trinajstić information content (AvgIpc) is 2.75. The zero-order chi connectivity index (χ0) is 21.3. The number of hydrogen-bond acceptors (Lipinski definition) is 5. The van der Waals surface area contributed by atoms with Gasteiger partial charge in [-0.15, -0.1) is 0 Å². The summed E-state index contributed by atoms with van der Waals surface area (Å²) in [5, 5.41) is 6.97. The highest BCUT2D eigenvalue weighted by Crippen LogP contribution is 2.26. The first-order valence-electron chi connectivity index (χ1n) is 9.52. The van der Waals surface area contributed by atoms with Crippen LogP contribution in [-0.2, 0) is 11.3 Å². The number of carbonyl (C=O) groups excluding carboxylic acids is 1. The molecular formula is C22H22FN3O4. The quantitative estimate of drug-likeness (QED) is 0.585. The van der Waals surface area contributed by atoms with Crippen molar-refractivity contribution in [2.24, 2.45) is 0 Å². The molecule has 0 radical (unpaired) electrons. The predicted octanol–water partition coefficient (Wildman–Crippen LogP) is 2.64. The van der Waals surface area contributed by atoms with Crippen LogP contribution in [0.4, 0.5) is 4.39 Å². The van der Waals surface area contributed by atoms with Crippen LogP contribution in [0.15, 0.2) is 65.5 Å². The largest absolute Gasteiger partial charge is 0.490 e. The third-order valence-electron chi connectivity index (χ3n) is 4.16. The minimum atomic E-state index is -0.346. The van der Waals surface area contributed by atoms with E-state index in [0.29, 0.717) is 29.4 Å². The van der Waals surface area contributed by atoms with Crippen molar-refractivity contribution in [3.05, 3.63) is 76.8 Å². The second-order valence-corrected chi connectivity index (χ2v) is 6.31. The number of ether oxygens (including phenoxy) is 2. The van der Waals surface area contributed by atoms with Crippen LogP contribution < -0.4 is 20.3 Å². The van der Waals surface area contributed by atoms with E-state index in [0.717, 1.165) is 0 Å². The maximum absolute atomic E-state index is 13.1. The number of halogens is 1. The summed E-state index contributed by atoms with van der Waals surface area (Å²) in [6.07, 6.45) is 0. The Kier molecular flexibility index (Phi) is 7.15. The monoisotopic (exact) mass is 411 g/mol. The number of benzene rings is 2. The third-order valence-corrected chi connectivity index (χ3v) is 4.16. The molecule has 8 heteroatoms. The third kappa shape index (κ3) is 5.66. The molecule has 0 fully saturated rings. The van der Waals surface area contributed by atoms with Gasteiger partial charge in [-0.1, -0.05) is 12.1 Å². The van der Waals surface area contributed by atoms with Crippen LogP contribution in [-0.4, -0.2) is 35.4 Å². The van der Waals surface area contributed by atoms with E-state index in [-0.39, 0.29) is 37.0 Å². The first-order valence-corrected chi connectivity index (χ1v) is 9.52. The van der Waals surface area contributed by atoms with Crippen LogP contribution in [0.5, 0.6) is 11.5 Å². The molecule has 0 aliphatic rings. The maximum Gasteiger partial charge on any atom is 0.266 e. The van der Waals surface area contributed by atoms with Gasteiger partial charge in [0.2, 0.25) is 0 Å². The molecule has 0 aliphatic carbocycles. The standard InChI is InChI=1S/C22H22FN3O4/c1-2-29-19-5-3-4-6-20(19)30-15-21(27)24-13-14-26-22(28)12-11-18(25-26)16-7-9-17(23)10-8-16/h3-12H,2,13-15H2,1H3,(H,24,27). The Bertz CT molecular complexity index is 1050. The van der Waals surface area contributed by atoms with E-state index in [4.69, 9.17) is 9.47 Å². The van der Waals surface area contributed by atoms with Gasteiger partial charge in [-0.05, 0) is 49.4 Å². The summed E-state index contributed by atoms with van der Waals surface area (Å²) in [5.41, 5.74) is 0.935. The van der Waals surface area contributed by atoms with Crippen molar-refractivity contribution >= 4 is 5.91 Å². The Balaban J connectivity index is 1.53. The molecular weight excluding hydrogens is 389 g/mol. The molecule has 0 unspecified atom stereocenters. The van der Waals surface area contributed by atoms with Gasteiger partial charge in [0.15, 0.2) is 18.1 Å². The zero-order valence-electron chi connectivity index (χ0n) is 16.5. The van der Waals surface area contributed by atoms with Crippen LogP contribution in [0, 0.1) is 5.82 Å². The van der Waals surface area contributed by atoms with Crippen molar-refractivity contribution < 1.29 is 18.7 Å². The lowest BCUT2D eigenvalue weighted by atomic mass is 10.1. The van der Waals surface area contributed by atoms with E-state index in [1.165, 1.54) is 22.9 Å². The van der Waals surface area contributed by atoms with Crippen LogP contribution in [0.2, 0.25) is 0 Å². The molecule has 30 heavy (non-hydrogen) atoms. The minimum absolute atomic E-state index is 0.179. The van der Waals surface area contributed by atoms with Gasteiger partial charge in [0.1, 0.15) is 5.82 Å². The topological polar surface area (TPSA) is 82.4 Å². The summed E-state index contributed by atoms with van der Waals surface area (Å²) in [4.78, 5) is 24.1. The Morgan fingerprint density at radius 1 is 1.03 bits per heavy atom. The number of rotatable bonds is 9. The van der Waals surface area contributed by atoms with Gasteiger partial charge in [-0.2, -0.15) is 5.10 Å². The molecule has 1 amide bonds. The number of hydrogen-bond donors (Lipinski definition) is 1. The van der Waals surface area contributed by atoms with E-state index in [2.05, 4.69) is 10.4 Å². The van der Waals surface area contributed by atoms with Crippen LogP contribution >= 0.6 is 0 Å². The van der Waals surface area contributed by atoms with E-state index in [9.17, 15) is 14.0 Å². The number of carbonyl (C=O) groups is 1. The highest BCUT2D eigenvalue weighted by molar-refractivity contribution is 5.77. The first kappa shape index (κ1) is 21.0. The van der Waals surface area contributed by atoms with Gasteiger partial charge < -0.3 is 14.8 Å². The molecule has 0 aliphatic heterocycles. The molecule has 7 nitrogen and oxygen atoms in total. The number of nitrogens with one attached hydrogen (secondary N) is 1. The lowest BCUT2D eigenvalue weighted by molar-refractivity contribution is -0.123. The Labute approximate surface area is 173 Å². The van der Waals surface area contributed by atoms with Crippen molar-refractivity contribution in [2.75, 3.05) is 19.8 Å². The van der Waals surface area contributed by atoms with Gasteiger partial charge >= 0.3 is 0 Å². The molecule has 1 heterocycles. The van der Waals surface area contributed by atoms with E-state index in [1.54, 1.807) is 36.4 Å². The fourth-order valence-electron chi connectivity index (χ4n) is 2.72. The number of amides is 1. The summed E-state index contributed by atoms with van der Waals surface area (Å²) in [6.45, 7) is 2.57. The lowest BCUT2D eigenvalue weighted by Gasteiger charge is -2.12. The van der Waals surface area contributed by atoms with Crippen LogP contribution in [0.3, 0.4) is 0 Å². The van der Waals surface area contributed by atoms with Gasteiger partial charge in [0, 0.05) is 18.2 Å². The van der Waals surface area contributed by atoms with E-state index < -0.39 is 0 Å². The first-order chi connectivity index (χ1) is 14.6. The van der Waals surface area contributed by atoms with Crippen molar-refractivity contribution in [2.45, 2.75) is 13.5 Å². The second kappa shape index (κ2) is 10.2. The highest BCUT2D eigenvalue weighted by Gasteiger charge is 2.08. The van der Waals surface area contributed by atoms with Crippen LogP contribution in [0.25, 0.3) is 11.3 Å². The smallest absolute Gasteiger partial charge is 0.266 e. The molecule has 0 saturated carbocycles. The molecule has 2 aromatic carbocycles. The second-order valence-electron chi connectivity index (χ2n) is 6.31. The van der Waals surface area contributed by atoms with Gasteiger partial charge in [-0.25, -0.2) is 9.07 Å². The Morgan fingerprint density at radius 3 is 2.43 bits per heavy atom.